The fourth-order valence-electron chi connectivity index (χ4n) is 3.96. The second-order valence-electron chi connectivity index (χ2n) is 7.54. The van der Waals surface area contributed by atoms with Gasteiger partial charge in [0.25, 0.3) is 0 Å². The molecule has 0 atom stereocenters. The van der Waals surface area contributed by atoms with Gasteiger partial charge in [-0.3, -0.25) is 0 Å². The van der Waals surface area contributed by atoms with E-state index in [0.29, 0.717) is 0 Å². The van der Waals surface area contributed by atoms with E-state index in [9.17, 15) is 0 Å². The van der Waals surface area contributed by atoms with E-state index in [-0.39, 0.29) is 0 Å². The minimum atomic E-state index is 0.825. The van der Waals surface area contributed by atoms with Crippen molar-refractivity contribution in [3.63, 3.8) is 0 Å². The van der Waals surface area contributed by atoms with Crippen molar-refractivity contribution in [3.05, 3.63) is 70.9 Å². The summed E-state index contributed by atoms with van der Waals surface area (Å²) >= 11 is 0. The molecule has 1 aliphatic rings. The fourth-order valence-corrected chi connectivity index (χ4v) is 3.96. The predicted octanol–water partition coefficient (Wildman–Crippen LogP) is 4.14. The van der Waals surface area contributed by atoms with Gasteiger partial charge in [0, 0.05) is 53.5 Å². The molecule has 0 N–H and O–H groups in total. The number of hydrogen-bond donors (Lipinski definition) is 0. The Bertz CT molecular complexity index is 1230. The molecule has 1 aliphatic heterocycles. The van der Waals surface area contributed by atoms with E-state index >= 15 is 0 Å². The molecule has 28 heavy (non-hydrogen) atoms. The summed E-state index contributed by atoms with van der Waals surface area (Å²) < 4.78 is 2.20. The van der Waals surface area contributed by atoms with Crippen LogP contribution in [-0.2, 0) is 12.8 Å². The summed E-state index contributed by atoms with van der Waals surface area (Å²) in [4.78, 5) is 16.6. The lowest BCUT2D eigenvalue weighted by Crippen LogP contribution is -2.20. The van der Waals surface area contributed by atoms with E-state index in [1.54, 1.807) is 0 Å². The standard InChI is InChI=1S/C23H23N5/c1-15-6-7-17-8-9-18(25-22(17)24-15)10-11-20-16(2)28-14-12-21-19(23(28)26-20)5-4-13-27(21)3/h4-9,12,14H,10-11,13H2,1-3H3. The molecule has 0 aliphatic carbocycles. The Balaban J connectivity index is 1.47. The molecule has 0 spiro atoms. The third-order valence-corrected chi connectivity index (χ3v) is 5.59. The summed E-state index contributed by atoms with van der Waals surface area (Å²) in [6.45, 7) is 5.09. The fraction of sp³-hybridized carbons (Fsp3) is 0.261. The van der Waals surface area contributed by atoms with E-state index in [2.05, 4.69) is 70.9 Å². The molecular weight excluding hydrogens is 346 g/mol. The van der Waals surface area contributed by atoms with Crippen LogP contribution in [-0.4, -0.2) is 32.9 Å². The van der Waals surface area contributed by atoms with E-state index in [4.69, 9.17) is 9.97 Å². The molecule has 4 aromatic heterocycles. The van der Waals surface area contributed by atoms with Crippen LogP contribution in [0.5, 0.6) is 0 Å². The highest BCUT2D eigenvalue weighted by molar-refractivity contribution is 5.81. The van der Waals surface area contributed by atoms with Crippen molar-refractivity contribution in [1.82, 2.24) is 19.4 Å². The summed E-state index contributed by atoms with van der Waals surface area (Å²) in [6, 6.07) is 10.5. The number of fused-ring (bicyclic) bond motifs is 4. The molecular formula is C23H23N5. The molecule has 140 valence electrons. The molecule has 0 saturated heterocycles. The summed E-state index contributed by atoms with van der Waals surface area (Å²) in [5, 5.41) is 1.08. The Morgan fingerprint density at radius 1 is 0.964 bits per heavy atom. The first-order chi connectivity index (χ1) is 13.6. The van der Waals surface area contributed by atoms with E-state index in [1.807, 2.05) is 13.0 Å². The quantitative estimate of drug-likeness (QED) is 0.544. The largest absolute Gasteiger partial charge is 0.370 e. The van der Waals surface area contributed by atoms with Gasteiger partial charge in [-0.15, -0.1) is 0 Å². The topological polar surface area (TPSA) is 46.3 Å². The molecule has 0 radical (unpaired) electrons. The summed E-state index contributed by atoms with van der Waals surface area (Å²) in [5.74, 6) is 0. The predicted molar refractivity (Wildman–Crippen MR) is 114 cm³/mol. The Kier molecular flexibility index (Phi) is 3.90. The number of rotatable bonds is 3. The van der Waals surface area contributed by atoms with Crippen LogP contribution in [0.25, 0.3) is 22.8 Å². The van der Waals surface area contributed by atoms with E-state index < -0.39 is 0 Å². The van der Waals surface area contributed by atoms with Crippen LogP contribution in [0.4, 0.5) is 5.69 Å². The smallest absolute Gasteiger partial charge is 0.159 e. The highest BCUT2D eigenvalue weighted by Gasteiger charge is 2.17. The first kappa shape index (κ1) is 16.9. The van der Waals surface area contributed by atoms with Crippen molar-refractivity contribution in [2.24, 2.45) is 0 Å². The molecule has 0 bridgehead atoms. The molecule has 5 heterocycles. The Hall–Kier alpha value is -3.21. The molecule has 0 fully saturated rings. The van der Waals surface area contributed by atoms with Gasteiger partial charge in [-0.1, -0.05) is 12.2 Å². The average Bonchev–Trinajstić information content (AvgIpc) is 3.02. The molecule has 0 amide bonds. The maximum absolute atomic E-state index is 4.99. The van der Waals surface area contributed by atoms with Gasteiger partial charge >= 0.3 is 0 Å². The Morgan fingerprint density at radius 3 is 2.71 bits per heavy atom. The summed E-state index contributed by atoms with van der Waals surface area (Å²) in [6.07, 6.45) is 8.25. The van der Waals surface area contributed by atoms with Gasteiger partial charge in [-0.25, -0.2) is 15.0 Å². The number of pyridine rings is 3. The molecule has 5 rings (SSSR count). The molecule has 0 saturated carbocycles. The Morgan fingerprint density at radius 2 is 1.82 bits per heavy atom. The van der Waals surface area contributed by atoms with Crippen molar-refractivity contribution in [2.75, 3.05) is 18.5 Å². The van der Waals surface area contributed by atoms with Gasteiger partial charge in [-0.2, -0.15) is 0 Å². The number of nitrogens with zero attached hydrogens (tertiary/aromatic N) is 5. The highest BCUT2D eigenvalue weighted by atomic mass is 15.1. The number of aryl methyl sites for hydroxylation is 4. The van der Waals surface area contributed by atoms with Gasteiger partial charge in [0.15, 0.2) is 5.65 Å². The third-order valence-electron chi connectivity index (χ3n) is 5.59. The first-order valence-electron chi connectivity index (χ1n) is 9.71. The highest BCUT2D eigenvalue weighted by Crippen LogP contribution is 2.29. The van der Waals surface area contributed by atoms with Gasteiger partial charge in [0.1, 0.15) is 5.65 Å². The number of likely N-dealkylation sites (N-methyl/N-ethyl adjacent to an activating group) is 1. The normalized spacial score (nSPS) is 13.5. The van der Waals surface area contributed by atoms with Crippen LogP contribution >= 0.6 is 0 Å². The maximum Gasteiger partial charge on any atom is 0.159 e. The van der Waals surface area contributed by atoms with Gasteiger partial charge in [0.05, 0.1) is 5.69 Å². The van der Waals surface area contributed by atoms with Crippen LogP contribution in [0, 0.1) is 13.8 Å². The maximum atomic E-state index is 4.99. The summed E-state index contributed by atoms with van der Waals surface area (Å²) in [7, 11) is 2.12. The number of aromatic nitrogens is 4. The molecule has 5 heteroatoms. The van der Waals surface area contributed by atoms with Crippen LogP contribution in [0.15, 0.2) is 42.6 Å². The molecule has 4 aromatic rings. The zero-order valence-corrected chi connectivity index (χ0v) is 16.5. The van der Waals surface area contributed by atoms with E-state index in [1.165, 1.54) is 16.9 Å². The lowest BCUT2D eigenvalue weighted by Gasteiger charge is -2.23. The lowest BCUT2D eigenvalue weighted by molar-refractivity contribution is 0.882. The second kappa shape index (κ2) is 6.44. The first-order valence-corrected chi connectivity index (χ1v) is 9.71. The van der Waals surface area contributed by atoms with E-state index in [0.717, 1.165) is 53.1 Å². The SMILES string of the molecule is Cc1ccc2ccc(CCc3nc4c5c(ccn4c3C)N(C)CC=C5)nc2n1. The monoisotopic (exact) mass is 369 g/mol. The average molecular weight is 369 g/mol. The molecule has 0 unspecified atom stereocenters. The van der Waals surface area contributed by atoms with Crippen molar-refractivity contribution in [3.8, 4) is 0 Å². The van der Waals surface area contributed by atoms with Crippen LogP contribution < -0.4 is 4.90 Å². The molecule has 0 aromatic carbocycles. The van der Waals surface area contributed by atoms with Crippen LogP contribution in [0.1, 0.15) is 28.3 Å². The second-order valence-corrected chi connectivity index (χ2v) is 7.54. The third kappa shape index (κ3) is 2.74. The lowest BCUT2D eigenvalue weighted by atomic mass is 10.1. The van der Waals surface area contributed by atoms with Gasteiger partial charge in [0.2, 0.25) is 0 Å². The Labute approximate surface area is 164 Å². The van der Waals surface area contributed by atoms with Gasteiger partial charge in [-0.05, 0) is 57.0 Å². The minimum Gasteiger partial charge on any atom is -0.370 e. The zero-order valence-electron chi connectivity index (χ0n) is 16.5. The van der Waals surface area contributed by atoms with Crippen molar-refractivity contribution in [2.45, 2.75) is 26.7 Å². The van der Waals surface area contributed by atoms with Gasteiger partial charge < -0.3 is 9.30 Å². The van der Waals surface area contributed by atoms with Crippen LogP contribution in [0.3, 0.4) is 0 Å². The molecule has 5 nitrogen and oxygen atoms in total. The van der Waals surface area contributed by atoms with Crippen molar-refractivity contribution in [1.29, 1.82) is 0 Å². The summed E-state index contributed by atoms with van der Waals surface area (Å²) in [5.41, 5.74) is 8.70. The number of hydrogen-bond acceptors (Lipinski definition) is 4. The van der Waals surface area contributed by atoms with Crippen LogP contribution in [0.2, 0.25) is 0 Å². The number of anilines is 1. The van der Waals surface area contributed by atoms with Crippen molar-refractivity contribution < 1.29 is 0 Å². The van der Waals surface area contributed by atoms with Crippen molar-refractivity contribution >= 4 is 28.4 Å². The number of imidazole rings is 1. The zero-order chi connectivity index (χ0) is 19.3. The minimum absolute atomic E-state index is 0.825.